The van der Waals surface area contributed by atoms with E-state index in [9.17, 15) is 0 Å². The van der Waals surface area contributed by atoms with E-state index in [1.807, 2.05) is 30.3 Å². The van der Waals surface area contributed by atoms with Crippen LogP contribution in [0.15, 0.2) is 46.9 Å². The molecule has 18 heavy (non-hydrogen) atoms. The average Bonchev–Trinajstić information content (AvgIpc) is 2.33. The quantitative estimate of drug-likeness (QED) is 0.835. The van der Waals surface area contributed by atoms with Crippen molar-refractivity contribution >= 4 is 44.5 Å². The molecule has 0 heterocycles. The Bertz CT molecular complexity index is 596. The molecule has 0 unspecified atom stereocenters. The third kappa shape index (κ3) is 2.89. The second-order valence-electron chi connectivity index (χ2n) is 4.02. The van der Waals surface area contributed by atoms with Gasteiger partial charge in [-0.25, -0.2) is 0 Å². The molecule has 2 aromatic rings. The predicted molar refractivity (Wildman–Crippen MR) is 84.5 cm³/mol. The fourth-order valence-corrected chi connectivity index (χ4v) is 2.44. The second kappa shape index (κ2) is 5.50. The highest BCUT2D eigenvalue weighted by atomic mass is 79.9. The van der Waals surface area contributed by atoms with E-state index in [1.54, 1.807) is 0 Å². The van der Waals surface area contributed by atoms with E-state index in [4.69, 9.17) is 18.0 Å². The first-order chi connectivity index (χ1) is 8.58. The number of para-hydroxylation sites is 1. The van der Waals surface area contributed by atoms with Crippen molar-refractivity contribution in [1.29, 1.82) is 0 Å². The van der Waals surface area contributed by atoms with Gasteiger partial charge in [-0.3, -0.25) is 0 Å². The van der Waals surface area contributed by atoms with Crippen LogP contribution in [0.1, 0.15) is 11.1 Å². The summed E-state index contributed by atoms with van der Waals surface area (Å²) in [5.74, 6) is 0. The summed E-state index contributed by atoms with van der Waals surface area (Å²) < 4.78 is 1.01. The smallest absolute Gasteiger partial charge is 0.106 e. The van der Waals surface area contributed by atoms with Crippen molar-refractivity contribution < 1.29 is 0 Å². The summed E-state index contributed by atoms with van der Waals surface area (Å²) in [6.07, 6.45) is 0. The molecule has 2 nitrogen and oxygen atoms in total. The highest BCUT2D eigenvalue weighted by Gasteiger charge is 2.06. The van der Waals surface area contributed by atoms with E-state index in [0.717, 1.165) is 21.4 Å². The van der Waals surface area contributed by atoms with Crippen molar-refractivity contribution in [3.05, 3.63) is 58.1 Å². The fourth-order valence-electron chi connectivity index (χ4n) is 1.67. The largest absolute Gasteiger partial charge is 0.389 e. The van der Waals surface area contributed by atoms with Crippen LogP contribution in [-0.4, -0.2) is 4.99 Å². The molecule has 3 N–H and O–H groups in total. The number of nitrogens with one attached hydrogen (secondary N) is 1. The number of hydrogen-bond acceptors (Lipinski definition) is 2. The molecule has 0 spiro atoms. The maximum Gasteiger partial charge on any atom is 0.106 e. The van der Waals surface area contributed by atoms with Gasteiger partial charge in [-0.15, -0.1) is 0 Å². The Morgan fingerprint density at radius 2 is 1.89 bits per heavy atom. The van der Waals surface area contributed by atoms with E-state index in [1.165, 1.54) is 5.56 Å². The summed E-state index contributed by atoms with van der Waals surface area (Å²) in [7, 11) is 0. The van der Waals surface area contributed by atoms with Gasteiger partial charge in [-0.2, -0.15) is 0 Å². The summed E-state index contributed by atoms with van der Waals surface area (Å²) in [5, 5.41) is 3.33. The molecule has 0 fully saturated rings. The number of nitrogens with two attached hydrogens (primary N) is 1. The molecule has 92 valence electrons. The number of rotatable bonds is 3. The lowest BCUT2D eigenvalue weighted by Gasteiger charge is -2.12. The Morgan fingerprint density at radius 3 is 2.56 bits per heavy atom. The standard InChI is InChI=1S/C14H13BrN2S/c1-9-6-7-13(11(15)8-9)17-12-5-3-2-4-10(12)14(16)18/h2-8,17H,1H3,(H2,16,18). The zero-order valence-electron chi connectivity index (χ0n) is 9.91. The highest BCUT2D eigenvalue weighted by molar-refractivity contribution is 9.10. The van der Waals surface area contributed by atoms with Crippen molar-refractivity contribution in [2.45, 2.75) is 6.92 Å². The van der Waals surface area contributed by atoms with Gasteiger partial charge in [0.05, 0.1) is 5.69 Å². The Morgan fingerprint density at radius 1 is 1.17 bits per heavy atom. The van der Waals surface area contributed by atoms with E-state index in [0.29, 0.717) is 4.99 Å². The molecule has 0 atom stereocenters. The number of benzene rings is 2. The molecule has 2 rings (SSSR count). The second-order valence-corrected chi connectivity index (χ2v) is 5.31. The summed E-state index contributed by atoms with van der Waals surface area (Å²) >= 11 is 8.59. The van der Waals surface area contributed by atoms with Crippen LogP contribution in [-0.2, 0) is 0 Å². The molecular formula is C14H13BrN2S. The molecule has 0 aromatic heterocycles. The SMILES string of the molecule is Cc1ccc(Nc2ccccc2C(N)=S)c(Br)c1. The monoisotopic (exact) mass is 320 g/mol. The van der Waals surface area contributed by atoms with Crippen molar-refractivity contribution in [3.8, 4) is 0 Å². The van der Waals surface area contributed by atoms with Gasteiger partial charge in [0.1, 0.15) is 4.99 Å². The van der Waals surface area contributed by atoms with Crippen molar-refractivity contribution in [2.24, 2.45) is 5.73 Å². The van der Waals surface area contributed by atoms with Crippen LogP contribution in [0.25, 0.3) is 0 Å². The topological polar surface area (TPSA) is 38.0 Å². The summed E-state index contributed by atoms with van der Waals surface area (Å²) in [5.41, 5.74) is 9.66. The molecule has 4 heteroatoms. The van der Waals surface area contributed by atoms with Gasteiger partial charge in [-0.05, 0) is 52.7 Å². The third-order valence-electron chi connectivity index (χ3n) is 2.59. The Labute approximate surface area is 120 Å². The lowest BCUT2D eigenvalue weighted by atomic mass is 10.1. The van der Waals surface area contributed by atoms with Gasteiger partial charge in [0.15, 0.2) is 0 Å². The first kappa shape index (κ1) is 13.1. The molecule has 0 aliphatic carbocycles. The van der Waals surface area contributed by atoms with Crippen LogP contribution in [0, 0.1) is 6.92 Å². The summed E-state index contributed by atoms with van der Waals surface area (Å²) in [6, 6.07) is 13.9. The molecule has 2 aromatic carbocycles. The van der Waals surface area contributed by atoms with Gasteiger partial charge in [-0.1, -0.05) is 30.4 Å². The van der Waals surface area contributed by atoms with Gasteiger partial charge < -0.3 is 11.1 Å². The van der Waals surface area contributed by atoms with Crippen molar-refractivity contribution in [3.63, 3.8) is 0 Å². The molecular weight excluding hydrogens is 308 g/mol. The highest BCUT2D eigenvalue weighted by Crippen LogP contribution is 2.28. The van der Waals surface area contributed by atoms with Gasteiger partial charge in [0.25, 0.3) is 0 Å². The number of anilines is 2. The summed E-state index contributed by atoms with van der Waals surface area (Å²) in [6.45, 7) is 2.05. The predicted octanol–water partition coefficient (Wildman–Crippen LogP) is 4.14. The third-order valence-corrected chi connectivity index (χ3v) is 3.46. The van der Waals surface area contributed by atoms with Crippen LogP contribution >= 0.6 is 28.1 Å². The lowest BCUT2D eigenvalue weighted by Crippen LogP contribution is -2.11. The minimum absolute atomic E-state index is 0.390. The number of hydrogen-bond donors (Lipinski definition) is 2. The Hall–Kier alpha value is -1.39. The van der Waals surface area contributed by atoms with Crippen LogP contribution in [0.4, 0.5) is 11.4 Å². The van der Waals surface area contributed by atoms with Crippen molar-refractivity contribution in [1.82, 2.24) is 0 Å². The molecule has 0 amide bonds. The van der Waals surface area contributed by atoms with Crippen LogP contribution in [0.5, 0.6) is 0 Å². The Balaban J connectivity index is 2.37. The molecule has 0 saturated carbocycles. The molecule has 0 saturated heterocycles. The van der Waals surface area contributed by atoms with Gasteiger partial charge in [0, 0.05) is 15.7 Å². The normalized spacial score (nSPS) is 10.1. The minimum atomic E-state index is 0.390. The Kier molecular flexibility index (Phi) is 3.99. The maximum atomic E-state index is 5.71. The van der Waals surface area contributed by atoms with E-state index >= 15 is 0 Å². The van der Waals surface area contributed by atoms with E-state index in [-0.39, 0.29) is 0 Å². The fraction of sp³-hybridized carbons (Fsp3) is 0.0714. The lowest BCUT2D eigenvalue weighted by molar-refractivity contribution is 1.43. The summed E-state index contributed by atoms with van der Waals surface area (Å²) in [4.78, 5) is 0.390. The molecule has 0 aliphatic heterocycles. The minimum Gasteiger partial charge on any atom is -0.389 e. The van der Waals surface area contributed by atoms with Crippen LogP contribution in [0.2, 0.25) is 0 Å². The molecule has 0 radical (unpaired) electrons. The zero-order valence-corrected chi connectivity index (χ0v) is 12.3. The molecule has 0 bridgehead atoms. The zero-order chi connectivity index (χ0) is 13.1. The van der Waals surface area contributed by atoms with Crippen LogP contribution in [0.3, 0.4) is 0 Å². The van der Waals surface area contributed by atoms with E-state index < -0.39 is 0 Å². The van der Waals surface area contributed by atoms with Gasteiger partial charge in [0.2, 0.25) is 0 Å². The first-order valence-electron chi connectivity index (χ1n) is 5.50. The first-order valence-corrected chi connectivity index (χ1v) is 6.70. The van der Waals surface area contributed by atoms with E-state index in [2.05, 4.69) is 40.3 Å². The average molecular weight is 321 g/mol. The number of halogens is 1. The van der Waals surface area contributed by atoms with Crippen LogP contribution < -0.4 is 11.1 Å². The molecule has 0 aliphatic rings. The van der Waals surface area contributed by atoms with Crippen molar-refractivity contribution in [2.75, 3.05) is 5.32 Å². The maximum absolute atomic E-state index is 5.71. The number of thiocarbonyl (C=S) groups is 1. The number of aryl methyl sites for hydroxylation is 1. The van der Waals surface area contributed by atoms with Gasteiger partial charge >= 0.3 is 0 Å².